The molecule has 0 aliphatic carbocycles. The Bertz CT molecular complexity index is 1690. The predicted molar refractivity (Wildman–Crippen MR) is 134 cm³/mol. The summed E-state index contributed by atoms with van der Waals surface area (Å²) in [5.74, 6) is -3.71. The summed E-state index contributed by atoms with van der Waals surface area (Å²) in [6.07, 6.45) is 1.33. The zero-order valence-electron chi connectivity index (χ0n) is 19.2. The number of halogens is 2. The van der Waals surface area contributed by atoms with E-state index in [2.05, 4.69) is 0 Å². The van der Waals surface area contributed by atoms with Crippen LogP contribution >= 0.6 is 22.9 Å². The molecule has 202 valence electrons. The first-order chi connectivity index (χ1) is 17.9. The Morgan fingerprint density at radius 3 is 2.45 bits per heavy atom. The maximum absolute atomic E-state index is 14.3. The average molecular weight is 588 g/mol. The van der Waals surface area contributed by atoms with E-state index in [1.807, 2.05) is 0 Å². The summed E-state index contributed by atoms with van der Waals surface area (Å²) in [5, 5.41) is 28.4. The molecule has 0 aliphatic rings. The van der Waals surface area contributed by atoms with Crippen LogP contribution in [0.25, 0.3) is 21.4 Å². The number of rotatable bonds is 9. The van der Waals surface area contributed by atoms with E-state index in [4.69, 9.17) is 20.9 Å². The number of carbonyl (C=O) groups excluding carboxylic acids is 1. The van der Waals surface area contributed by atoms with Crippen molar-refractivity contribution in [3.63, 3.8) is 0 Å². The van der Waals surface area contributed by atoms with Gasteiger partial charge < -0.3 is 24.6 Å². The number of nitrogens with zero attached hydrogens (tertiary/aromatic N) is 1. The number of aromatic nitrogens is 1. The smallest absolute Gasteiger partial charge is 0.345 e. The van der Waals surface area contributed by atoms with Gasteiger partial charge >= 0.3 is 11.6 Å². The van der Waals surface area contributed by atoms with E-state index in [0.717, 1.165) is 29.5 Å². The van der Waals surface area contributed by atoms with Crippen LogP contribution in [0.4, 0.5) is 4.39 Å². The van der Waals surface area contributed by atoms with Gasteiger partial charge in [-0.15, -0.1) is 16.1 Å². The molecule has 0 aliphatic heterocycles. The van der Waals surface area contributed by atoms with E-state index < -0.39 is 55.5 Å². The summed E-state index contributed by atoms with van der Waals surface area (Å²) in [4.78, 5) is 29.3. The number of fused-ring (bicyclic) bond motifs is 1. The number of hydrogen-bond acceptors (Lipinski definition) is 10. The molecule has 1 aromatic carbocycles. The monoisotopic (exact) mass is 587 g/mol. The first-order valence-electron chi connectivity index (χ1n) is 10.9. The van der Waals surface area contributed by atoms with Crippen LogP contribution in [-0.4, -0.2) is 39.0 Å². The first kappa shape index (κ1) is 27.4. The van der Waals surface area contributed by atoms with Crippen molar-refractivity contribution < 1.29 is 46.7 Å². The van der Waals surface area contributed by atoms with Gasteiger partial charge in [-0.25, -0.2) is 9.59 Å². The summed E-state index contributed by atoms with van der Waals surface area (Å²) in [6.45, 7) is 0. The maximum atomic E-state index is 14.3. The number of aromatic hydroxyl groups is 3. The Balaban J connectivity index is 1.48. The highest BCUT2D eigenvalue weighted by atomic mass is 35.5. The molecule has 0 saturated heterocycles. The Morgan fingerprint density at radius 2 is 1.79 bits per heavy atom. The number of carbonyl (C=O) groups is 1. The quantitative estimate of drug-likeness (QED) is 0.126. The number of hydrogen-bond donors (Lipinski definition) is 4. The molecule has 38 heavy (non-hydrogen) atoms. The van der Waals surface area contributed by atoms with Gasteiger partial charge in [-0.05, 0) is 37.5 Å². The average Bonchev–Trinajstić information content (AvgIpc) is 3.41. The van der Waals surface area contributed by atoms with Crippen LogP contribution in [-0.2, 0) is 21.3 Å². The third-order valence-electron chi connectivity index (χ3n) is 5.48. The van der Waals surface area contributed by atoms with Crippen molar-refractivity contribution in [1.29, 1.82) is 0 Å². The van der Waals surface area contributed by atoms with Crippen molar-refractivity contribution in [3.05, 3.63) is 56.5 Å². The summed E-state index contributed by atoms with van der Waals surface area (Å²) >= 11 is 6.72. The van der Waals surface area contributed by atoms with Gasteiger partial charge in [0, 0.05) is 33.7 Å². The van der Waals surface area contributed by atoms with Crippen LogP contribution in [0.3, 0.4) is 0 Å². The largest absolute Gasteiger partial charge is 0.504 e. The molecule has 0 fully saturated rings. The van der Waals surface area contributed by atoms with Gasteiger partial charge in [0.25, 0.3) is 10.1 Å². The number of phenols is 1. The van der Waals surface area contributed by atoms with Crippen LogP contribution in [0.2, 0.25) is 5.02 Å². The minimum absolute atomic E-state index is 0.0509. The van der Waals surface area contributed by atoms with E-state index in [1.165, 1.54) is 12.1 Å². The number of thiophene rings is 1. The molecule has 4 aromatic rings. The van der Waals surface area contributed by atoms with E-state index in [9.17, 15) is 42.3 Å². The molecule has 4 rings (SSSR count). The van der Waals surface area contributed by atoms with Gasteiger partial charge in [-0.2, -0.15) is 12.8 Å². The summed E-state index contributed by atoms with van der Waals surface area (Å²) < 4.78 is 53.5. The van der Waals surface area contributed by atoms with Crippen molar-refractivity contribution in [2.75, 3.05) is 0 Å². The maximum Gasteiger partial charge on any atom is 0.345 e. The highest BCUT2D eigenvalue weighted by molar-refractivity contribution is 7.86. The third-order valence-corrected chi connectivity index (χ3v) is 8.05. The van der Waals surface area contributed by atoms with Crippen LogP contribution in [0, 0.1) is 5.82 Å². The van der Waals surface area contributed by atoms with Crippen molar-refractivity contribution in [3.8, 4) is 28.0 Å². The first-order valence-corrected chi connectivity index (χ1v) is 13.6. The Kier molecular flexibility index (Phi) is 7.69. The highest BCUT2D eigenvalue weighted by Gasteiger charge is 2.23. The number of aryl methyl sites for hydroxylation is 1. The van der Waals surface area contributed by atoms with Crippen LogP contribution in [0.1, 0.15) is 30.6 Å². The van der Waals surface area contributed by atoms with Crippen molar-refractivity contribution in [2.24, 2.45) is 0 Å². The van der Waals surface area contributed by atoms with E-state index in [0.29, 0.717) is 24.0 Å². The van der Waals surface area contributed by atoms with Crippen molar-refractivity contribution in [2.45, 2.75) is 37.0 Å². The second kappa shape index (κ2) is 10.6. The summed E-state index contributed by atoms with van der Waals surface area (Å²) in [7, 11) is -4.65. The fraction of sp³-hybridized carbons (Fsp3) is 0.217. The predicted octanol–water partition coefficient (Wildman–Crippen LogP) is 4.24. The molecule has 11 nitrogen and oxygen atoms in total. The molecule has 0 atom stereocenters. The molecule has 15 heteroatoms. The van der Waals surface area contributed by atoms with Crippen molar-refractivity contribution >= 4 is 50.0 Å². The van der Waals surface area contributed by atoms with Crippen LogP contribution in [0.15, 0.2) is 44.4 Å². The molecular weight excluding hydrogens is 569 g/mol. The lowest BCUT2D eigenvalue weighted by Gasteiger charge is -2.06. The zero-order chi connectivity index (χ0) is 27.8. The lowest BCUT2D eigenvalue weighted by Crippen LogP contribution is -2.18. The molecule has 0 bridgehead atoms. The standard InChI is InChI=1S/C23H19ClFNO10S2/c24-13-9-11-8-12(23(31)35-22(11)20(25)21(13)30)15-10-16(38(32,33)34)14(37-15)4-2-1-3-5-19(29)36-26-17(27)6-7-18(26)28/h6-10,27-28,30H,1-5H2,(H,32,33,34). The second-order valence-electron chi connectivity index (χ2n) is 8.13. The molecule has 0 amide bonds. The number of unbranched alkanes of at least 4 members (excludes halogenated alkanes) is 2. The topological polar surface area (TPSA) is 176 Å². The second-order valence-corrected chi connectivity index (χ2v) is 11.1. The fourth-order valence-electron chi connectivity index (χ4n) is 3.67. The molecule has 3 heterocycles. The Morgan fingerprint density at radius 1 is 1.11 bits per heavy atom. The molecule has 0 spiro atoms. The van der Waals surface area contributed by atoms with E-state index in [-0.39, 0.29) is 38.6 Å². The van der Waals surface area contributed by atoms with Crippen molar-refractivity contribution in [1.82, 2.24) is 4.73 Å². The SMILES string of the molecule is O=C(CCCCCc1sc(-c2cc3cc(Cl)c(O)c(F)c3oc2=O)cc1S(=O)(=O)O)On1c(O)ccc1O. The highest BCUT2D eigenvalue weighted by Crippen LogP contribution is 2.37. The van der Waals surface area contributed by atoms with Crippen LogP contribution in [0.5, 0.6) is 17.5 Å². The van der Waals surface area contributed by atoms with Gasteiger partial charge in [0.15, 0.2) is 11.3 Å². The van der Waals surface area contributed by atoms with Crippen LogP contribution < -0.4 is 10.5 Å². The lowest BCUT2D eigenvalue weighted by atomic mass is 10.1. The lowest BCUT2D eigenvalue weighted by molar-refractivity contribution is -0.145. The molecule has 3 aromatic heterocycles. The normalized spacial score (nSPS) is 11.8. The molecule has 0 saturated carbocycles. The summed E-state index contributed by atoms with van der Waals surface area (Å²) in [6, 6.07) is 5.82. The molecule has 0 unspecified atom stereocenters. The number of phenolic OH excluding ortho intramolecular Hbond substituents is 1. The van der Waals surface area contributed by atoms with Gasteiger partial charge in [0.1, 0.15) is 4.90 Å². The molecule has 0 radical (unpaired) electrons. The molecule has 4 N–H and O–H groups in total. The number of benzene rings is 1. The Labute approximate surface area is 222 Å². The van der Waals surface area contributed by atoms with E-state index >= 15 is 0 Å². The van der Waals surface area contributed by atoms with Gasteiger partial charge in [-0.1, -0.05) is 18.0 Å². The minimum atomic E-state index is -4.65. The third kappa shape index (κ3) is 5.62. The summed E-state index contributed by atoms with van der Waals surface area (Å²) in [5.41, 5.74) is -1.61. The Hall–Kier alpha value is -3.59. The zero-order valence-corrected chi connectivity index (χ0v) is 21.6. The van der Waals surface area contributed by atoms with E-state index in [1.54, 1.807) is 0 Å². The molecular formula is C23H19ClFNO10S2. The van der Waals surface area contributed by atoms with Gasteiger partial charge in [-0.3, -0.25) is 4.55 Å². The minimum Gasteiger partial charge on any atom is -0.504 e. The van der Waals surface area contributed by atoms with Gasteiger partial charge in [0.2, 0.25) is 17.6 Å². The van der Waals surface area contributed by atoms with Gasteiger partial charge in [0.05, 0.1) is 10.6 Å². The fourth-order valence-corrected chi connectivity index (χ4v) is 6.14.